The number of carbonyl (C=O) groups is 12. The van der Waals surface area contributed by atoms with Crippen LogP contribution in [0.5, 0.6) is 0 Å². The molecule has 0 unspecified atom stereocenters. The molecule has 10 bridgehead atoms. The van der Waals surface area contributed by atoms with Crippen molar-refractivity contribution in [1.82, 2.24) is 63.8 Å². The first-order valence-corrected chi connectivity index (χ1v) is 39.1. The Balaban J connectivity index is 0.989. The number of carbonyl (C=O) groups excluding carboxylic acids is 12. The van der Waals surface area contributed by atoms with Gasteiger partial charge in [-0.1, -0.05) is 75.8 Å². The van der Waals surface area contributed by atoms with Crippen LogP contribution in [0.15, 0.2) is 124 Å². The molecule has 33 nitrogen and oxygen atoms in total. The number of ether oxygens (including phenoxy) is 1. The Morgan fingerprint density at radius 2 is 1.27 bits per heavy atom. The van der Waals surface area contributed by atoms with Gasteiger partial charge >= 0.3 is 5.97 Å². The molecule has 0 spiro atoms. The zero-order chi connectivity index (χ0) is 79.8. The molecule has 0 aromatic heterocycles. The van der Waals surface area contributed by atoms with Crippen LogP contribution in [-0.4, -0.2) is 204 Å². The third-order valence-corrected chi connectivity index (χ3v) is 22.1. The second-order valence-corrected chi connectivity index (χ2v) is 31.1. The molecule has 7 heterocycles. The maximum Gasteiger partial charge on any atom is 0.321 e. The molecule has 0 saturated carbocycles. The smallest absolute Gasteiger partial charge is 0.321 e. The van der Waals surface area contributed by atoms with E-state index in [0.29, 0.717) is 57.4 Å². The van der Waals surface area contributed by atoms with Crippen molar-refractivity contribution in [2.75, 3.05) is 51.4 Å². The largest absolute Gasteiger partial charge is 0.510 e. The first kappa shape index (κ1) is 84.5. The number of esters is 1. The second kappa shape index (κ2) is 38.3. The Kier molecular flexibility index (Phi) is 29.7. The molecule has 1 aliphatic carbocycles. The van der Waals surface area contributed by atoms with Crippen molar-refractivity contribution in [2.45, 2.75) is 175 Å². The van der Waals surface area contributed by atoms with Crippen molar-refractivity contribution >= 4 is 116 Å². The molecule has 11 amide bonds. The van der Waals surface area contributed by atoms with Crippen LogP contribution in [0.1, 0.15) is 127 Å². The average Bonchev–Trinajstić information content (AvgIpc) is 1.56. The molecule has 0 radical (unpaired) electrons. The van der Waals surface area contributed by atoms with Gasteiger partial charge in [-0.15, -0.1) is 0 Å². The molecule has 0 aromatic rings. The molecule has 11 atom stereocenters. The molecular weight excluding hydrogens is 1450 g/mol. The second-order valence-electron chi connectivity index (χ2n) is 28.6. The maximum atomic E-state index is 14.5. The first-order valence-electron chi connectivity index (χ1n) is 36.6. The molecule has 0 aromatic carbocycles. The van der Waals surface area contributed by atoms with E-state index in [9.17, 15) is 67.7 Å². The van der Waals surface area contributed by atoms with Gasteiger partial charge in [0.1, 0.15) is 60.0 Å². The van der Waals surface area contributed by atoms with Crippen molar-refractivity contribution < 1.29 is 72.5 Å². The lowest BCUT2D eigenvalue weighted by atomic mass is 9.84. The lowest BCUT2D eigenvalue weighted by molar-refractivity contribution is -0.143. The lowest BCUT2D eigenvalue weighted by Crippen LogP contribution is -2.61. The van der Waals surface area contributed by atoms with E-state index in [-0.39, 0.29) is 111 Å². The number of guanidine groups is 1. The number of aliphatic hydroxyl groups excluding tert-OH is 2. The van der Waals surface area contributed by atoms with Crippen LogP contribution in [-0.2, 0) is 62.3 Å². The number of amides is 11. The summed E-state index contributed by atoms with van der Waals surface area (Å²) in [6.45, 7) is 20.5. The Labute approximate surface area is 640 Å². The van der Waals surface area contributed by atoms with Crippen molar-refractivity contribution in [3.8, 4) is 0 Å². The highest BCUT2D eigenvalue weighted by atomic mass is 33.1. The van der Waals surface area contributed by atoms with Crippen LogP contribution in [0.2, 0.25) is 0 Å². The van der Waals surface area contributed by atoms with Gasteiger partial charge in [-0.3, -0.25) is 62.5 Å². The predicted octanol–water partition coefficient (Wildman–Crippen LogP) is 0.597. The minimum atomic E-state index is -1.74. The zero-order valence-corrected chi connectivity index (χ0v) is 64.9. The summed E-state index contributed by atoms with van der Waals surface area (Å²) in [6.07, 6.45) is 7.93. The Morgan fingerprint density at radius 3 is 1.88 bits per heavy atom. The third kappa shape index (κ3) is 21.2. The summed E-state index contributed by atoms with van der Waals surface area (Å²) in [6, 6.07) is -11.4. The fourth-order valence-corrected chi connectivity index (χ4v) is 16.0. The highest BCUT2D eigenvalue weighted by Gasteiger charge is 2.49. The van der Waals surface area contributed by atoms with Gasteiger partial charge < -0.3 is 90.2 Å². The molecule has 7 aliphatic heterocycles. The zero-order valence-electron chi connectivity index (χ0n) is 63.3. The van der Waals surface area contributed by atoms with Crippen LogP contribution >= 0.6 is 21.6 Å². The van der Waals surface area contributed by atoms with Gasteiger partial charge in [0.15, 0.2) is 5.96 Å². The van der Waals surface area contributed by atoms with Crippen molar-refractivity contribution in [3.63, 3.8) is 0 Å². The number of hydrogen-bond donors (Lipinski definition) is 16. The standard InChI is InChI=1S/C74H102N18O15S2/c1-13-40-35(7)44-25-46-37(9)42(62(85-46)60-61(73(106)107-12)64(97)59-38(10)47(86-63(59)60)27-49-41(14-2)36(8)45(83-49)26-48(40)82-44)18-19-56(94)77-21-16-22-78-57(95)28-52-69(102)88-50(23-33(3)4)67(100)81-39(11)65(98)90-53(30-93)70(103)89-51(24-34(5)6)68(101)91-55-32-109-108-31-54(92-72(55)105)71(104)87-43(17-15-20-79-74(75)76)66(99)80-29-58(96)84-52/h13,25-27,33-34,37,39,42-43,50-55,61,85,93,97H,1,14-24,28-32H2,2-12H3,(H,77,94)(H,78,95)(H,80,99)(H,81,100)(H,84,96)(H,87,104)(H,88,102)(H,89,103)(H,90,98)(H,91,101)(H,92,105)(H4,75,76,79)/t37-,39-,42-,43-,50-,51-,52-,53-,54-,55-,61+/m0/s1. The Morgan fingerprint density at radius 1 is 0.688 bits per heavy atom. The van der Waals surface area contributed by atoms with E-state index in [4.69, 9.17) is 31.2 Å². The number of rotatable bonds is 21. The van der Waals surface area contributed by atoms with Gasteiger partial charge in [0.25, 0.3) is 0 Å². The molecule has 18 N–H and O–H groups in total. The molecule has 35 heteroatoms. The van der Waals surface area contributed by atoms with Crippen molar-refractivity contribution in [3.05, 3.63) is 104 Å². The van der Waals surface area contributed by atoms with Crippen LogP contribution in [0.4, 0.5) is 0 Å². The molecular formula is C74H102N18O15S2. The number of hydrogen-bond acceptors (Lipinski definition) is 22. The number of nitrogens with zero attached hydrogens (tertiary/aromatic N) is 4. The summed E-state index contributed by atoms with van der Waals surface area (Å²) < 4.78 is 5.33. The number of aliphatic hydroxyl groups is 2. The number of aliphatic imine (C=N–C) groups is 4. The van der Waals surface area contributed by atoms with E-state index in [1.165, 1.54) is 35.6 Å². The number of nitrogens with one attached hydrogen (secondary N) is 12. The fraction of sp³-hybridized carbons (Fsp3) is 0.541. The molecule has 109 heavy (non-hydrogen) atoms. The van der Waals surface area contributed by atoms with Crippen molar-refractivity contribution in [2.24, 2.45) is 61.0 Å². The van der Waals surface area contributed by atoms with E-state index in [1.807, 2.05) is 45.9 Å². The van der Waals surface area contributed by atoms with Gasteiger partial charge in [-0.2, -0.15) is 0 Å². The summed E-state index contributed by atoms with van der Waals surface area (Å²) in [5, 5.41) is 54.5. The predicted molar refractivity (Wildman–Crippen MR) is 413 cm³/mol. The Hall–Kier alpha value is -10.2. The van der Waals surface area contributed by atoms with E-state index in [0.717, 1.165) is 33.7 Å². The van der Waals surface area contributed by atoms with E-state index in [2.05, 4.69) is 82.3 Å². The average molecular weight is 1550 g/mol. The maximum absolute atomic E-state index is 14.5. The molecule has 8 aliphatic rings. The number of fused-ring (bicyclic) bond motifs is 8. The van der Waals surface area contributed by atoms with Crippen LogP contribution in [0.3, 0.4) is 0 Å². The van der Waals surface area contributed by atoms with Gasteiger partial charge in [-0.05, 0) is 125 Å². The molecule has 3 saturated heterocycles. The summed E-state index contributed by atoms with van der Waals surface area (Å²) in [4.78, 5) is 187. The normalized spacial score (nSPS) is 26.2. The van der Waals surface area contributed by atoms with Crippen LogP contribution < -0.4 is 75.3 Å². The SMILES string of the molecule is C=CC1=C(C)C2=NC1=CC1=NC(=CC3=C(C)C4=C(O)[C@H](C(=O)OC)C(=C5NC(=C2)[C@@H](C)[C@@H]5CCC(=O)NCCCNC(=O)C[C@@H]2NC(=O)CNC(=O)[C@H](CCCN=C(N)N)NC(=O)[C@@H]5CSSC[C@H](NC(=O)[C@H](CC(C)C)NC(=O)[C@H](CO)NC(=O)[C@H](C)NC(=O)[C@H](CC(C)C)NC2=O)C(=O)N5)C4=N3)C(CC)=C1C. The third-order valence-electron chi connectivity index (χ3n) is 19.7. The minimum absolute atomic E-state index is 0.00571. The summed E-state index contributed by atoms with van der Waals surface area (Å²) in [5.74, 6) is -12.9. The highest BCUT2D eigenvalue weighted by molar-refractivity contribution is 8.76. The summed E-state index contributed by atoms with van der Waals surface area (Å²) in [7, 11) is 3.60. The first-order chi connectivity index (χ1) is 51.8. The van der Waals surface area contributed by atoms with E-state index < -0.39 is 145 Å². The van der Waals surface area contributed by atoms with E-state index in [1.54, 1.807) is 33.8 Å². The highest BCUT2D eigenvalue weighted by Crippen LogP contribution is 2.49. The monoisotopic (exact) mass is 1550 g/mol. The lowest BCUT2D eigenvalue weighted by Gasteiger charge is -2.29. The topological polar surface area (TPSA) is 500 Å². The number of allylic oxidation sites excluding steroid dienone is 11. The number of methoxy groups -OCH3 is 1. The van der Waals surface area contributed by atoms with Gasteiger partial charge in [0.05, 0.1) is 60.9 Å². The molecule has 3 fully saturated rings. The molecule has 590 valence electrons. The van der Waals surface area contributed by atoms with E-state index >= 15 is 0 Å². The summed E-state index contributed by atoms with van der Waals surface area (Å²) in [5.41, 5.74) is 21.3. The number of nitrogens with two attached hydrogens (primary N) is 2. The van der Waals surface area contributed by atoms with Crippen molar-refractivity contribution in [1.29, 1.82) is 0 Å². The van der Waals surface area contributed by atoms with Crippen LogP contribution in [0, 0.1) is 29.6 Å². The molecule has 8 rings (SSSR count). The van der Waals surface area contributed by atoms with Gasteiger partial charge in [-0.25, -0.2) is 15.0 Å². The minimum Gasteiger partial charge on any atom is -0.510 e. The quantitative estimate of drug-likeness (QED) is 0.0246. The van der Waals surface area contributed by atoms with Gasteiger partial charge in [0, 0.05) is 77.5 Å². The van der Waals surface area contributed by atoms with Crippen LogP contribution in [0.25, 0.3) is 0 Å². The van der Waals surface area contributed by atoms with Gasteiger partial charge in [0.2, 0.25) is 65.0 Å². The Bertz CT molecular complexity index is 4100. The summed E-state index contributed by atoms with van der Waals surface area (Å²) >= 11 is 0. The fourth-order valence-electron chi connectivity index (χ4n) is 13.7.